The molecule has 0 saturated heterocycles. The van der Waals surface area contributed by atoms with Crippen LogP contribution >= 0.6 is 0 Å². The molecule has 1 saturated carbocycles. The number of Topliss-reactive ketones (excluding diaryl/α,β-unsaturated/α-hetero) is 1. The summed E-state index contributed by atoms with van der Waals surface area (Å²) in [6.45, 7) is 5.48. The van der Waals surface area contributed by atoms with Gasteiger partial charge in [0.1, 0.15) is 6.42 Å². The normalized spacial score (nSPS) is 33.2. The largest absolute Gasteiger partial charge is 0.466 e. The smallest absolute Gasteiger partial charge is 0.346 e. The number of fused-ring (bicyclic) bond motifs is 1. The van der Waals surface area contributed by atoms with Crippen LogP contribution in [0.3, 0.4) is 0 Å². The molecular weight excluding hydrogens is 308 g/mol. The highest BCUT2D eigenvalue weighted by molar-refractivity contribution is 5.99. The maximum atomic E-state index is 13.0. The van der Waals surface area contributed by atoms with Crippen molar-refractivity contribution in [1.82, 2.24) is 0 Å². The highest BCUT2D eigenvalue weighted by atomic mass is 16.6. The highest BCUT2D eigenvalue weighted by Crippen LogP contribution is 2.51. The summed E-state index contributed by atoms with van der Waals surface area (Å²) in [5.74, 6) is -0.566. The molecule has 0 aromatic carbocycles. The van der Waals surface area contributed by atoms with E-state index in [2.05, 4.69) is 16.9 Å². The molecule has 0 radical (unpaired) electrons. The number of hydrogen-bond acceptors (Lipinski definition) is 5. The van der Waals surface area contributed by atoms with Crippen LogP contribution in [0.4, 0.5) is 0 Å². The fraction of sp³-hybridized carbons (Fsp3) is 0.737. The number of ether oxygens (including phenoxy) is 2. The third-order valence-electron chi connectivity index (χ3n) is 5.93. The molecular formula is C19H28O5. The van der Waals surface area contributed by atoms with Crippen LogP contribution in [0, 0.1) is 23.2 Å². The second-order valence-electron chi connectivity index (χ2n) is 7.27. The van der Waals surface area contributed by atoms with Gasteiger partial charge in [-0.25, -0.2) is 4.79 Å². The number of carbonyl (C=O) groups excluding carboxylic acids is 3. The van der Waals surface area contributed by atoms with Crippen molar-refractivity contribution in [3.8, 4) is 0 Å². The lowest BCUT2D eigenvalue weighted by Gasteiger charge is -2.48. The van der Waals surface area contributed by atoms with Gasteiger partial charge >= 0.3 is 11.9 Å². The first kappa shape index (κ1) is 18.7. The number of methoxy groups -OCH3 is 1. The third kappa shape index (κ3) is 3.55. The zero-order chi connectivity index (χ0) is 17.9. The predicted octanol–water partition coefficient (Wildman–Crippen LogP) is 3.07. The summed E-state index contributed by atoms with van der Waals surface area (Å²) >= 11 is 0. The molecule has 0 N–H and O–H groups in total. The molecule has 2 aliphatic carbocycles. The average molecular weight is 336 g/mol. The lowest BCUT2D eigenvalue weighted by molar-refractivity contribution is -0.166. The Morgan fingerprint density at radius 1 is 1.21 bits per heavy atom. The van der Waals surface area contributed by atoms with E-state index >= 15 is 0 Å². The summed E-state index contributed by atoms with van der Waals surface area (Å²) in [7, 11) is 1.23. The Labute approximate surface area is 143 Å². The molecule has 0 aliphatic heterocycles. The number of esters is 2. The van der Waals surface area contributed by atoms with Gasteiger partial charge in [-0.2, -0.15) is 0 Å². The molecule has 0 aromatic rings. The summed E-state index contributed by atoms with van der Waals surface area (Å²) in [4.78, 5) is 36.4. The van der Waals surface area contributed by atoms with Crippen LogP contribution in [0.1, 0.15) is 52.9 Å². The predicted molar refractivity (Wildman–Crippen MR) is 89.1 cm³/mol. The van der Waals surface area contributed by atoms with Gasteiger partial charge in [0.15, 0.2) is 11.9 Å². The first-order chi connectivity index (χ1) is 11.3. The maximum Gasteiger partial charge on any atom is 0.346 e. The van der Waals surface area contributed by atoms with Crippen molar-refractivity contribution in [3.63, 3.8) is 0 Å². The molecule has 5 atom stereocenters. The Kier molecular flexibility index (Phi) is 5.83. The Morgan fingerprint density at radius 2 is 1.88 bits per heavy atom. The molecule has 134 valence electrons. The van der Waals surface area contributed by atoms with E-state index in [1.807, 2.05) is 13.8 Å². The minimum absolute atomic E-state index is 0.0849. The van der Waals surface area contributed by atoms with Crippen molar-refractivity contribution < 1.29 is 23.9 Å². The molecule has 2 rings (SSSR count). The molecule has 5 heteroatoms. The molecule has 0 amide bonds. The van der Waals surface area contributed by atoms with E-state index in [-0.39, 0.29) is 24.0 Å². The summed E-state index contributed by atoms with van der Waals surface area (Å²) < 4.78 is 9.56. The van der Waals surface area contributed by atoms with Crippen molar-refractivity contribution >= 4 is 17.7 Å². The fourth-order valence-electron chi connectivity index (χ4n) is 4.22. The zero-order valence-corrected chi connectivity index (χ0v) is 15.0. The lowest BCUT2D eigenvalue weighted by Crippen LogP contribution is -2.48. The molecule has 0 bridgehead atoms. The quantitative estimate of drug-likeness (QED) is 0.438. The Hall–Kier alpha value is -1.65. The number of hydrogen-bond donors (Lipinski definition) is 0. The minimum atomic E-state index is -0.991. The first-order valence-electron chi connectivity index (χ1n) is 8.79. The van der Waals surface area contributed by atoms with Gasteiger partial charge in [0, 0.05) is 5.41 Å². The van der Waals surface area contributed by atoms with E-state index in [4.69, 9.17) is 4.74 Å². The van der Waals surface area contributed by atoms with Crippen LogP contribution in [0.15, 0.2) is 12.2 Å². The Morgan fingerprint density at radius 3 is 2.54 bits per heavy atom. The van der Waals surface area contributed by atoms with E-state index in [0.29, 0.717) is 5.92 Å². The van der Waals surface area contributed by atoms with E-state index in [1.54, 1.807) is 0 Å². The van der Waals surface area contributed by atoms with E-state index in [0.717, 1.165) is 19.3 Å². The second kappa shape index (κ2) is 7.49. The van der Waals surface area contributed by atoms with Crippen LogP contribution < -0.4 is 0 Å². The molecule has 0 spiro atoms. The average Bonchev–Trinajstić information content (AvgIpc) is 2.57. The fourth-order valence-corrected chi connectivity index (χ4v) is 4.22. The van der Waals surface area contributed by atoms with Crippen LogP contribution in [0.2, 0.25) is 0 Å². The van der Waals surface area contributed by atoms with Gasteiger partial charge in [0.05, 0.1) is 7.11 Å². The molecule has 0 heterocycles. The van der Waals surface area contributed by atoms with Gasteiger partial charge < -0.3 is 9.47 Å². The van der Waals surface area contributed by atoms with Gasteiger partial charge in [-0.3, -0.25) is 9.59 Å². The standard InChI is InChI=1S/C19H28O5/c1-12-9-10-14-7-5-6-8-15(14)19(12,3)16(20)11-17(21)24-13(2)18(22)23-4/h9-10,12-15H,5-8,11H2,1-4H3/t12-,13?,14+,15-,19-/m1/s1. The van der Waals surface area contributed by atoms with Crippen molar-refractivity contribution in [1.29, 1.82) is 0 Å². The summed E-state index contributed by atoms with van der Waals surface area (Å²) in [5.41, 5.74) is -0.548. The Bertz CT molecular complexity index is 538. The van der Waals surface area contributed by atoms with Crippen LogP contribution in [0.5, 0.6) is 0 Å². The topological polar surface area (TPSA) is 69.7 Å². The van der Waals surface area contributed by atoms with E-state index in [1.165, 1.54) is 20.5 Å². The number of allylic oxidation sites excluding steroid dienone is 2. The molecule has 1 unspecified atom stereocenters. The second-order valence-corrected chi connectivity index (χ2v) is 7.27. The van der Waals surface area contributed by atoms with Gasteiger partial charge in [-0.1, -0.05) is 38.8 Å². The molecule has 1 fully saturated rings. The maximum absolute atomic E-state index is 13.0. The van der Waals surface area contributed by atoms with E-state index in [9.17, 15) is 14.4 Å². The van der Waals surface area contributed by atoms with Crippen molar-refractivity contribution in [2.75, 3.05) is 7.11 Å². The monoisotopic (exact) mass is 336 g/mol. The summed E-state index contributed by atoms with van der Waals surface area (Å²) in [6.07, 6.45) is 7.55. The third-order valence-corrected chi connectivity index (χ3v) is 5.93. The number of ketones is 1. The van der Waals surface area contributed by atoms with Crippen molar-refractivity contribution in [2.45, 2.75) is 59.0 Å². The molecule has 2 aliphatic rings. The van der Waals surface area contributed by atoms with Crippen LogP contribution in [-0.4, -0.2) is 30.9 Å². The SMILES string of the molecule is COC(=O)C(C)OC(=O)CC(=O)[C@]1(C)[C@H](C)C=C[C@@H]2CCCC[C@H]21. The zero-order valence-electron chi connectivity index (χ0n) is 15.0. The molecule has 0 aromatic heterocycles. The highest BCUT2D eigenvalue weighted by Gasteiger charge is 2.49. The van der Waals surface area contributed by atoms with Crippen molar-refractivity contribution in [2.24, 2.45) is 23.2 Å². The van der Waals surface area contributed by atoms with E-state index < -0.39 is 23.5 Å². The summed E-state index contributed by atoms with van der Waals surface area (Å²) in [6, 6.07) is 0. The van der Waals surface area contributed by atoms with Crippen LogP contribution in [-0.2, 0) is 23.9 Å². The van der Waals surface area contributed by atoms with Crippen LogP contribution in [0.25, 0.3) is 0 Å². The van der Waals surface area contributed by atoms with Gasteiger partial charge in [-0.05, 0) is 37.5 Å². The number of carbonyl (C=O) groups is 3. The lowest BCUT2D eigenvalue weighted by atomic mass is 9.55. The minimum Gasteiger partial charge on any atom is -0.466 e. The first-order valence-corrected chi connectivity index (χ1v) is 8.79. The summed E-state index contributed by atoms with van der Waals surface area (Å²) in [5, 5.41) is 0. The molecule has 24 heavy (non-hydrogen) atoms. The van der Waals surface area contributed by atoms with Crippen molar-refractivity contribution in [3.05, 3.63) is 12.2 Å². The number of rotatable bonds is 5. The van der Waals surface area contributed by atoms with Gasteiger partial charge in [0.25, 0.3) is 0 Å². The van der Waals surface area contributed by atoms with Gasteiger partial charge in [-0.15, -0.1) is 0 Å². The molecule has 5 nitrogen and oxygen atoms in total. The van der Waals surface area contributed by atoms with Gasteiger partial charge in [0.2, 0.25) is 0 Å². The Balaban J connectivity index is 2.08.